The van der Waals surface area contributed by atoms with Crippen molar-refractivity contribution in [2.24, 2.45) is 0 Å². The monoisotopic (exact) mass is 441 g/mol. The molecule has 0 saturated heterocycles. The van der Waals surface area contributed by atoms with Crippen molar-refractivity contribution in [2.45, 2.75) is 64.3 Å². The molecule has 3 nitrogen and oxygen atoms in total. The second kappa shape index (κ2) is 12.5. The van der Waals surface area contributed by atoms with Crippen LogP contribution in [0.3, 0.4) is 0 Å². The van der Waals surface area contributed by atoms with E-state index in [1.54, 1.807) is 5.82 Å². The molecule has 0 aromatic carbocycles. The van der Waals surface area contributed by atoms with Crippen molar-refractivity contribution in [1.82, 2.24) is 0 Å². The third kappa shape index (κ3) is 9.08. The van der Waals surface area contributed by atoms with Crippen molar-refractivity contribution < 1.29 is 13.6 Å². The summed E-state index contributed by atoms with van der Waals surface area (Å²) in [5.74, 6) is 1.75. The number of hydrogen-bond donors (Lipinski definition) is 0. The van der Waals surface area contributed by atoms with Gasteiger partial charge in [-0.15, -0.1) is 0 Å². The van der Waals surface area contributed by atoms with Crippen molar-refractivity contribution in [3.05, 3.63) is 9.44 Å². The van der Waals surface area contributed by atoms with Gasteiger partial charge in [-0.2, -0.15) is 0 Å². The predicted octanol–water partition coefficient (Wildman–Crippen LogP) is 5.90. The van der Waals surface area contributed by atoms with Gasteiger partial charge in [-0.3, -0.25) is 0 Å². The van der Waals surface area contributed by atoms with Crippen molar-refractivity contribution in [2.75, 3.05) is 13.2 Å². The molecule has 0 amide bonds. The van der Waals surface area contributed by atoms with E-state index in [1.165, 1.54) is 3.62 Å². The van der Waals surface area contributed by atoms with Crippen LogP contribution in [-0.2, 0) is 13.6 Å². The normalized spacial score (nSPS) is 13.2. The summed E-state index contributed by atoms with van der Waals surface area (Å²) in [6, 6.07) is 0. The number of rotatable bonds is 12. The van der Waals surface area contributed by atoms with Gasteiger partial charge in [0.15, 0.2) is 0 Å². The van der Waals surface area contributed by atoms with Crippen molar-refractivity contribution >= 4 is 35.0 Å². The molecule has 0 aliphatic carbocycles. The average molecular weight is 439 g/mol. The quantitative estimate of drug-likeness (QED) is 0.281. The third-order valence-electron chi connectivity index (χ3n) is 2.66. The first kappa shape index (κ1) is 21.0. The van der Waals surface area contributed by atoms with E-state index in [0.717, 1.165) is 36.6 Å². The fourth-order valence-corrected chi connectivity index (χ4v) is 10.6. The van der Waals surface area contributed by atoms with Crippen LogP contribution in [0.5, 0.6) is 0 Å². The molecule has 0 unspecified atom stereocenters. The molecule has 0 aromatic rings. The SMILES string of the molecule is CCCC/C(=C/P(=O)(OCC)OCC)[Te+](Cl)CCCC. The fraction of sp³-hybridized carbons (Fsp3) is 0.857. The van der Waals surface area contributed by atoms with Crippen LogP contribution in [0.4, 0.5) is 0 Å². The Balaban J connectivity index is 5.02. The summed E-state index contributed by atoms with van der Waals surface area (Å²) in [6.07, 6.45) is 5.43. The Bertz CT molecular complexity index is 314. The van der Waals surface area contributed by atoms with E-state index in [9.17, 15) is 4.57 Å². The van der Waals surface area contributed by atoms with E-state index in [-0.39, 0.29) is 0 Å². The Hall–Kier alpha value is 0.970. The molecule has 0 radical (unpaired) electrons. The Morgan fingerprint density at radius 3 is 2.10 bits per heavy atom. The zero-order valence-corrected chi connectivity index (χ0v) is 17.2. The summed E-state index contributed by atoms with van der Waals surface area (Å²) in [7, 11) is 3.53. The molecule has 0 spiro atoms. The number of hydrogen-bond acceptors (Lipinski definition) is 3. The molecule has 0 aromatic heterocycles. The minimum absolute atomic E-state index is 0.391. The van der Waals surface area contributed by atoms with Crippen LogP contribution in [0.2, 0.25) is 4.47 Å². The number of halogens is 1. The standard InChI is InChI=1S/C14H29ClO3PTe/c1-5-9-11-14(20(15)12-10-6-2)13-19(16,17-7-3)18-8-4/h13H,5-12H2,1-4H3/q+1/b14-13-. The second-order valence-corrected chi connectivity index (χ2v) is 13.4. The molecule has 0 aliphatic heterocycles. The third-order valence-corrected chi connectivity index (χ3v) is 11.8. The van der Waals surface area contributed by atoms with Gasteiger partial charge in [0.2, 0.25) is 0 Å². The maximum absolute atomic E-state index is 12.6. The zero-order chi connectivity index (χ0) is 15.4. The molecular formula is C14H29ClO3PTe+. The van der Waals surface area contributed by atoms with Gasteiger partial charge in [-0.1, -0.05) is 0 Å². The number of unbranched alkanes of at least 4 members (excludes halogenated alkanes) is 2. The molecule has 120 valence electrons. The van der Waals surface area contributed by atoms with Crippen LogP contribution >= 0.6 is 16.6 Å². The fourth-order valence-electron chi connectivity index (χ4n) is 1.63. The van der Waals surface area contributed by atoms with E-state index < -0.39 is 26.0 Å². The molecule has 0 saturated carbocycles. The van der Waals surface area contributed by atoms with Crippen LogP contribution < -0.4 is 0 Å². The van der Waals surface area contributed by atoms with Gasteiger partial charge in [0.1, 0.15) is 0 Å². The van der Waals surface area contributed by atoms with Gasteiger partial charge in [-0.25, -0.2) is 0 Å². The van der Waals surface area contributed by atoms with E-state index in [2.05, 4.69) is 13.8 Å². The first-order valence-corrected chi connectivity index (χ1v) is 14.9. The molecular weight excluding hydrogens is 410 g/mol. The summed E-state index contributed by atoms with van der Waals surface area (Å²) in [6.45, 7) is 8.77. The molecule has 0 aliphatic rings. The van der Waals surface area contributed by atoms with Crippen molar-refractivity contribution in [3.8, 4) is 0 Å². The Kier molecular flexibility index (Phi) is 13.1. The van der Waals surface area contributed by atoms with Gasteiger partial charge in [-0.05, 0) is 0 Å². The van der Waals surface area contributed by atoms with E-state index in [1.807, 2.05) is 13.8 Å². The maximum atomic E-state index is 12.6. The van der Waals surface area contributed by atoms with E-state index in [4.69, 9.17) is 18.0 Å². The summed E-state index contributed by atoms with van der Waals surface area (Å²) < 4.78 is 25.6. The first-order valence-electron chi connectivity index (χ1n) is 7.50. The van der Waals surface area contributed by atoms with Crippen molar-refractivity contribution in [1.29, 1.82) is 0 Å². The Morgan fingerprint density at radius 2 is 1.65 bits per heavy atom. The Labute approximate surface area is 135 Å². The van der Waals surface area contributed by atoms with Gasteiger partial charge < -0.3 is 0 Å². The van der Waals surface area contributed by atoms with E-state index >= 15 is 0 Å². The molecule has 0 heterocycles. The van der Waals surface area contributed by atoms with Gasteiger partial charge in [0.25, 0.3) is 0 Å². The van der Waals surface area contributed by atoms with Crippen molar-refractivity contribution in [3.63, 3.8) is 0 Å². The molecule has 6 heteroatoms. The molecule has 0 atom stereocenters. The molecule has 0 rings (SSSR count). The predicted molar refractivity (Wildman–Crippen MR) is 89.8 cm³/mol. The van der Waals surface area contributed by atoms with E-state index in [0.29, 0.717) is 13.2 Å². The summed E-state index contributed by atoms with van der Waals surface area (Å²) in [4.78, 5) is 0. The van der Waals surface area contributed by atoms with Crippen LogP contribution in [-0.4, -0.2) is 31.6 Å². The first-order chi connectivity index (χ1) is 9.52. The van der Waals surface area contributed by atoms with Crippen LogP contribution in [0, 0.1) is 0 Å². The van der Waals surface area contributed by atoms with Crippen LogP contribution in [0.1, 0.15) is 59.8 Å². The molecule has 0 bridgehead atoms. The topological polar surface area (TPSA) is 35.5 Å². The second-order valence-electron chi connectivity index (χ2n) is 4.46. The van der Waals surface area contributed by atoms with Gasteiger partial charge in [0.05, 0.1) is 0 Å². The summed E-state index contributed by atoms with van der Waals surface area (Å²) in [5.41, 5.74) is 0. The van der Waals surface area contributed by atoms with Crippen LogP contribution in [0.25, 0.3) is 0 Å². The average Bonchev–Trinajstić information content (AvgIpc) is 2.41. The summed E-state index contributed by atoms with van der Waals surface area (Å²) in [5, 5.41) is 0. The summed E-state index contributed by atoms with van der Waals surface area (Å²) >= 11 is -1.84. The molecule has 20 heavy (non-hydrogen) atoms. The Morgan fingerprint density at radius 1 is 1.10 bits per heavy atom. The number of allylic oxidation sites excluding steroid dienone is 1. The van der Waals surface area contributed by atoms with Crippen LogP contribution in [0.15, 0.2) is 9.44 Å². The minimum atomic E-state index is -3.11. The van der Waals surface area contributed by atoms with Gasteiger partial charge in [0, 0.05) is 0 Å². The molecule has 0 N–H and O–H groups in total. The molecule has 0 fully saturated rings. The van der Waals surface area contributed by atoms with Gasteiger partial charge >= 0.3 is 136 Å². The zero-order valence-electron chi connectivity index (χ0n) is 13.2.